The zero-order valence-corrected chi connectivity index (χ0v) is 12.5. The summed E-state index contributed by atoms with van der Waals surface area (Å²) in [4.78, 5) is 11.7. The van der Waals surface area contributed by atoms with Crippen molar-refractivity contribution in [2.24, 2.45) is 5.92 Å². The minimum atomic E-state index is -4.76. The first-order chi connectivity index (χ1) is 10.2. The van der Waals surface area contributed by atoms with E-state index in [-0.39, 0.29) is 24.0 Å². The molecule has 1 amide bonds. The molecular formula is C15H20F3NO3. The first-order valence-corrected chi connectivity index (χ1v) is 6.97. The minimum absolute atomic E-state index is 0.0488. The summed E-state index contributed by atoms with van der Waals surface area (Å²) in [5, 5.41) is 12.2. The van der Waals surface area contributed by atoms with Crippen molar-refractivity contribution in [2.75, 3.05) is 6.54 Å². The maximum atomic E-state index is 12.1. The molecule has 4 nitrogen and oxygen atoms in total. The predicted octanol–water partition coefficient (Wildman–Crippen LogP) is 2.65. The van der Waals surface area contributed by atoms with Crippen LogP contribution in [0.1, 0.15) is 25.8 Å². The average Bonchev–Trinajstić information content (AvgIpc) is 2.36. The van der Waals surface area contributed by atoms with Gasteiger partial charge in [0, 0.05) is 6.54 Å². The van der Waals surface area contributed by atoms with Crippen molar-refractivity contribution >= 4 is 5.91 Å². The molecule has 0 aliphatic rings. The predicted molar refractivity (Wildman–Crippen MR) is 75.3 cm³/mol. The minimum Gasteiger partial charge on any atom is -0.406 e. The molecule has 124 valence electrons. The molecule has 22 heavy (non-hydrogen) atoms. The highest BCUT2D eigenvalue weighted by Crippen LogP contribution is 2.23. The molecule has 0 aliphatic carbocycles. The second-order valence-electron chi connectivity index (χ2n) is 5.32. The monoisotopic (exact) mass is 319 g/mol. The zero-order valence-electron chi connectivity index (χ0n) is 12.5. The summed E-state index contributed by atoms with van der Waals surface area (Å²) in [7, 11) is 0. The molecule has 1 unspecified atom stereocenters. The summed E-state index contributed by atoms with van der Waals surface area (Å²) < 4.78 is 40.2. The van der Waals surface area contributed by atoms with Crippen molar-refractivity contribution in [3.8, 4) is 5.75 Å². The first-order valence-electron chi connectivity index (χ1n) is 6.97. The van der Waals surface area contributed by atoms with E-state index >= 15 is 0 Å². The van der Waals surface area contributed by atoms with Gasteiger partial charge in [0.1, 0.15) is 5.75 Å². The van der Waals surface area contributed by atoms with Gasteiger partial charge in [-0.15, -0.1) is 13.2 Å². The van der Waals surface area contributed by atoms with Gasteiger partial charge in [-0.3, -0.25) is 4.79 Å². The summed E-state index contributed by atoms with van der Waals surface area (Å²) in [6, 6.07) is 5.29. The van der Waals surface area contributed by atoms with Gasteiger partial charge in [-0.25, -0.2) is 0 Å². The number of ether oxygens (including phenoxy) is 1. The van der Waals surface area contributed by atoms with Gasteiger partial charge in [0.05, 0.1) is 12.5 Å². The summed E-state index contributed by atoms with van der Waals surface area (Å²) in [6.07, 6.45) is -4.87. The number of amides is 1. The molecule has 0 heterocycles. The Bertz CT molecular complexity index is 489. The molecule has 0 aromatic heterocycles. The van der Waals surface area contributed by atoms with Crippen molar-refractivity contribution in [1.82, 2.24) is 5.32 Å². The van der Waals surface area contributed by atoms with Crippen LogP contribution in [0.3, 0.4) is 0 Å². The van der Waals surface area contributed by atoms with E-state index in [9.17, 15) is 23.1 Å². The summed E-state index contributed by atoms with van der Waals surface area (Å²) >= 11 is 0. The first kappa shape index (κ1) is 18.3. The molecule has 0 bridgehead atoms. The van der Waals surface area contributed by atoms with Crippen LogP contribution in [0.4, 0.5) is 13.2 Å². The second kappa shape index (κ2) is 8.03. The lowest BCUT2D eigenvalue weighted by molar-refractivity contribution is -0.274. The van der Waals surface area contributed by atoms with E-state index in [2.05, 4.69) is 10.1 Å². The molecule has 1 atom stereocenters. The van der Waals surface area contributed by atoms with Crippen LogP contribution in [0.15, 0.2) is 24.3 Å². The van der Waals surface area contributed by atoms with Gasteiger partial charge < -0.3 is 15.2 Å². The van der Waals surface area contributed by atoms with Crippen LogP contribution in [0.25, 0.3) is 0 Å². The van der Waals surface area contributed by atoms with E-state index in [1.165, 1.54) is 18.2 Å². The van der Waals surface area contributed by atoms with Crippen molar-refractivity contribution in [3.63, 3.8) is 0 Å². The molecule has 0 fully saturated rings. The van der Waals surface area contributed by atoms with Crippen molar-refractivity contribution in [2.45, 2.75) is 39.2 Å². The highest BCUT2D eigenvalue weighted by Gasteiger charge is 2.31. The van der Waals surface area contributed by atoms with Crippen LogP contribution in [-0.4, -0.2) is 30.0 Å². The molecule has 0 radical (unpaired) electrons. The topological polar surface area (TPSA) is 58.6 Å². The Hall–Kier alpha value is -1.76. The number of benzene rings is 1. The number of hydrogen-bond donors (Lipinski definition) is 2. The van der Waals surface area contributed by atoms with Crippen LogP contribution in [0, 0.1) is 5.92 Å². The third-order valence-electron chi connectivity index (χ3n) is 3.03. The van der Waals surface area contributed by atoms with E-state index in [1.807, 2.05) is 13.8 Å². The van der Waals surface area contributed by atoms with Crippen molar-refractivity contribution in [1.29, 1.82) is 0 Å². The maximum absolute atomic E-state index is 12.1. The van der Waals surface area contributed by atoms with Gasteiger partial charge in [-0.1, -0.05) is 26.0 Å². The molecule has 1 rings (SSSR count). The van der Waals surface area contributed by atoms with Crippen LogP contribution in [0.5, 0.6) is 5.75 Å². The number of aliphatic hydroxyl groups is 1. The summed E-state index contributed by atoms with van der Waals surface area (Å²) in [5.74, 6) is -0.568. The SMILES string of the molecule is CC(C)C(O)CCNC(=O)Cc1cccc(OC(F)(F)F)c1. The van der Waals surface area contributed by atoms with Crippen molar-refractivity contribution in [3.05, 3.63) is 29.8 Å². The number of carbonyl (C=O) groups excluding carboxylic acids is 1. The lowest BCUT2D eigenvalue weighted by Crippen LogP contribution is -2.29. The fourth-order valence-corrected chi connectivity index (χ4v) is 1.79. The fraction of sp³-hybridized carbons (Fsp3) is 0.533. The Kier molecular flexibility index (Phi) is 6.67. The Labute approximate surface area is 127 Å². The lowest BCUT2D eigenvalue weighted by atomic mass is 10.0. The average molecular weight is 319 g/mol. The molecule has 0 saturated carbocycles. The molecule has 0 saturated heterocycles. The normalized spacial score (nSPS) is 13.0. The number of halogens is 3. The fourth-order valence-electron chi connectivity index (χ4n) is 1.79. The highest BCUT2D eigenvalue weighted by atomic mass is 19.4. The number of alkyl halides is 3. The Morgan fingerprint density at radius 3 is 2.64 bits per heavy atom. The number of rotatable bonds is 7. The zero-order chi connectivity index (χ0) is 16.8. The van der Waals surface area contributed by atoms with Gasteiger partial charge in [0.2, 0.25) is 5.91 Å². The molecule has 7 heteroatoms. The van der Waals surface area contributed by atoms with Gasteiger partial charge >= 0.3 is 6.36 Å². The summed E-state index contributed by atoms with van der Waals surface area (Å²) in [5.41, 5.74) is 0.420. The van der Waals surface area contributed by atoms with Gasteiger partial charge in [0.15, 0.2) is 0 Å². The highest BCUT2D eigenvalue weighted by molar-refractivity contribution is 5.78. The van der Waals surface area contributed by atoms with Gasteiger partial charge in [0.25, 0.3) is 0 Å². The molecule has 2 N–H and O–H groups in total. The van der Waals surface area contributed by atoms with Crippen LogP contribution < -0.4 is 10.1 Å². The molecule has 0 aliphatic heterocycles. The maximum Gasteiger partial charge on any atom is 0.573 e. The smallest absolute Gasteiger partial charge is 0.406 e. The Morgan fingerprint density at radius 1 is 1.36 bits per heavy atom. The van der Waals surface area contributed by atoms with Crippen LogP contribution >= 0.6 is 0 Å². The molecule has 1 aromatic carbocycles. The summed E-state index contributed by atoms with van der Waals surface area (Å²) in [6.45, 7) is 4.06. The van der Waals surface area contributed by atoms with E-state index in [4.69, 9.17) is 0 Å². The van der Waals surface area contributed by atoms with E-state index in [0.717, 1.165) is 0 Å². The van der Waals surface area contributed by atoms with Gasteiger partial charge in [-0.05, 0) is 30.0 Å². The number of aliphatic hydroxyl groups excluding tert-OH is 1. The third-order valence-corrected chi connectivity index (χ3v) is 3.03. The molecule has 0 spiro atoms. The van der Waals surface area contributed by atoms with Gasteiger partial charge in [-0.2, -0.15) is 0 Å². The van der Waals surface area contributed by atoms with Crippen LogP contribution in [0.2, 0.25) is 0 Å². The molecule has 1 aromatic rings. The number of hydrogen-bond acceptors (Lipinski definition) is 3. The van der Waals surface area contributed by atoms with E-state index < -0.39 is 12.5 Å². The molecular weight excluding hydrogens is 299 g/mol. The van der Waals surface area contributed by atoms with E-state index in [1.54, 1.807) is 6.07 Å². The third kappa shape index (κ3) is 7.31. The van der Waals surface area contributed by atoms with Crippen molar-refractivity contribution < 1.29 is 27.8 Å². The number of nitrogens with one attached hydrogen (secondary N) is 1. The lowest BCUT2D eigenvalue weighted by Gasteiger charge is -2.14. The largest absolute Gasteiger partial charge is 0.573 e. The van der Waals surface area contributed by atoms with E-state index in [0.29, 0.717) is 18.5 Å². The quantitative estimate of drug-likeness (QED) is 0.812. The number of carbonyl (C=O) groups is 1. The Morgan fingerprint density at radius 2 is 2.05 bits per heavy atom. The Balaban J connectivity index is 2.46. The van der Waals surface area contributed by atoms with Crippen LogP contribution in [-0.2, 0) is 11.2 Å². The standard InChI is InChI=1S/C15H20F3NO3/c1-10(2)13(20)6-7-19-14(21)9-11-4-3-5-12(8-11)22-15(16,17)18/h3-5,8,10,13,20H,6-7,9H2,1-2H3,(H,19,21). The second-order valence-corrected chi connectivity index (χ2v) is 5.32.